The van der Waals surface area contributed by atoms with Gasteiger partial charge in [-0.2, -0.15) is 0 Å². The lowest BCUT2D eigenvalue weighted by molar-refractivity contribution is -0.0193. The standard InChI is InChI=1S/C17H28O2/c1-6-18-13-16-9-7-15(8-10-16)11-14(2)12-19-17(3,4)5/h7-10,14H,6,11-13H2,1-5H3. The minimum absolute atomic E-state index is 0.0460. The van der Waals surface area contributed by atoms with Gasteiger partial charge in [-0.1, -0.05) is 31.2 Å². The molecule has 0 spiro atoms. The van der Waals surface area contributed by atoms with Crippen LogP contribution in [0.4, 0.5) is 0 Å². The Balaban J connectivity index is 2.40. The molecule has 0 amide bonds. The van der Waals surface area contributed by atoms with Crippen molar-refractivity contribution < 1.29 is 9.47 Å². The second-order valence-corrected chi connectivity index (χ2v) is 6.19. The highest BCUT2D eigenvalue weighted by Crippen LogP contribution is 2.14. The normalized spacial score (nSPS) is 13.5. The van der Waals surface area contributed by atoms with Gasteiger partial charge in [0.1, 0.15) is 0 Å². The second kappa shape index (κ2) is 7.66. The number of hydrogen-bond donors (Lipinski definition) is 0. The minimum atomic E-state index is -0.0460. The molecular weight excluding hydrogens is 236 g/mol. The molecule has 0 fully saturated rings. The molecule has 0 aliphatic rings. The van der Waals surface area contributed by atoms with Crippen LogP contribution in [0.25, 0.3) is 0 Å². The van der Waals surface area contributed by atoms with Crippen molar-refractivity contribution in [2.24, 2.45) is 5.92 Å². The zero-order chi connectivity index (χ0) is 14.3. The van der Waals surface area contributed by atoms with Crippen molar-refractivity contribution in [3.8, 4) is 0 Å². The summed E-state index contributed by atoms with van der Waals surface area (Å²) in [5.74, 6) is 0.539. The lowest BCUT2D eigenvalue weighted by Crippen LogP contribution is -2.23. The summed E-state index contributed by atoms with van der Waals surface area (Å²) in [6, 6.07) is 8.70. The van der Waals surface area contributed by atoms with Gasteiger partial charge in [-0.3, -0.25) is 0 Å². The van der Waals surface area contributed by atoms with Gasteiger partial charge in [0.15, 0.2) is 0 Å². The highest BCUT2D eigenvalue weighted by Gasteiger charge is 2.12. The number of hydrogen-bond acceptors (Lipinski definition) is 2. The van der Waals surface area contributed by atoms with Crippen molar-refractivity contribution in [2.75, 3.05) is 13.2 Å². The largest absolute Gasteiger partial charge is 0.377 e. The Hall–Kier alpha value is -0.860. The van der Waals surface area contributed by atoms with E-state index in [-0.39, 0.29) is 5.60 Å². The lowest BCUT2D eigenvalue weighted by atomic mass is 10.0. The van der Waals surface area contributed by atoms with E-state index < -0.39 is 0 Å². The first-order chi connectivity index (χ1) is 8.90. The first kappa shape index (κ1) is 16.2. The van der Waals surface area contributed by atoms with Gasteiger partial charge in [-0.25, -0.2) is 0 Å². The third-order valence-corrected chi connectivity index (χ3v) is 2.88. The highest BCUT2D eigenvalue weighted by atomic mass is 16.5. The molecule has 0 bridgehead atoms. The van der Waals surface area contributed by atoms with E-state index in [1.54, 1.807) is 0 Å². The van der Waals surface area contributed by atoms with Crippen LogP contribution >= 0.6 is 0 Å². The Morgan fingerprint density at radius 2 is 1.63 bits per heavy atom. The zero-order valence-electron chi connectivity index (χ0n) is 13.0. The van der Waals surface area contributed by atoms with E-state index in [1.807, 2.05) is 6.92 Å². The van der Waals surface area contributed by atoms with Gasteiger partial charge in [0, 0.05) is 6.61 Å². The molecule has 0 saturated heterocycles. The monoisotopic (exact) mass is 264 g/mol. The van der Waals surface area contributed by atoms with Crippen molar-refractivity contribution in [1.29, 1.82) is 0 Å². The van der Waals surface area contributed by atoms with E-state index in [9.17, 15) is 0 Å². The molecule has 0 radical (unpaired) electrons. The smallest absolute Gasteiger partial charge is 0.0716 e. The summed E-state index contributed by atoms with van der Waals surface area (Å²) < 4.78 is 11.2. The molecular formula is C17H28O2. The molecule has 0 aliphatic carbocycles. The predicted molar refractivity (Wildman–Crippen MR) is 80.3 cm³/mol. The Bertz CT molecular complexity index is 349. The number of ether oxygens (including phenoxy) is 2. The van der Waals surface area contributed by atoms with E-state index >= 15 is 0 Å². The summed E-state index contributed by atoms with van der Waals surface area (Å²) in [7, 11) is 0. The molecule has 0 heterocycles. The SMILES string of the molecule is CCOCc1ccc(CC(C)COC(C)(C)C)cc1. The first-order valence-corrected chi connectivity index (χ1v) is 7.20. The minimum Gasteiger partial charge on any atom is -0.377 e. The van der Waals surface area contributed by atoms with E-state index in [4.69, 9.17) is 9.47 Å². The van der Waals surface area contributed by atoms with Gasteiger partial charge in [0.2, 0.25) is 0 Å². The molecule has 0 aliphatic heterocycles. The summed E-state index contributed by atoms with van der Waals surface area (Å²) in [4.78, 5) is 0. The van der Waals surface area contributed by atoms with Crippen LogP contribution in [0.3, 0.4) is 0 Å². The Morgan fingerprint density at radius 3 is 2.16 bits per heavy atom. The summed E-state index contributed by atoms with van der Waals surface area (Å²) in [5, 5.41) is 0. The van der Waals surface area contributed by atoms with E-state index in [1.165, 1.54) is 11.1 Å². The summed E-state index contributed by atoms with van der Waals surface area (Å²) in [5.41, 5.74) is 2.56. The van der Waals surface area contributed by atoms with E-state index in [2.05, 4.69) is 52.0 Å². The fourth-order valence-electron chi connectivity index (χ4n) is 1.85. The first-order valence-electron chi connectivity index (χ1n) is 7.20. The van der Waals surface area contributed by atoms with E-state index in [0.717, 1.165) is 19.6 Å². The van der Waals surface area contributed by atoms with Crippen LogP contribution in [-0.4, -0.2) is 18.8 Å². The Morgan fingerprint density at radius 1 is 1.05 bits per heavy atom. The highest BCUT2D eigenvalue weighted by molar-refractivity contribution is 5.22. The van der Waals surface area contributed by atoms with Crippen molar-refractivity contribution in [2.45, 2.75) is 53.2 Å². The molecule has 19 heavy (non-hydrogen) atoms. The maximum Gasteiger partial charge on any atom is 0.0716 e. The van der Waals surface area contributed by atoms with Crippen LogP contribution in [0.2, 0.25) is 0 Å². The van der Waals surface area contributed by atoms with Crippen LogP contribution in [0, 0.1) is 5.92 Å². The van der Waals surface area contributed by atoms with Crippen LogP contribution in [0.15, 0.2) is 24.3 Å². The summed E-state index contributed by atoms with van der Waals surface area (Å²) in [6.07, 6.45) is 1.06. The maximum atomic E-state index is 5.82. The predicted octanol–water partition coefficient (Wildman–Crippen LogP) is 4.22. The van der Waals surface area contributed by atoms with Crippen molar-refractivity contribution >= 4 is 0 Å². The van der Waals surface area contributed by atoms with Gasteiger partial charge >= 0.3 is 0 Å². The fourth-order valence-corrected chi connectivity index (χ4v) is 1.85. The molecule has 0 N–H and O–H groups in total. The second-order valence-electron chi connectivity index (χ2n) is 6.19. The van der Waals surface area contributed by atoms with Crippen LogP contribution in [-0.2, 0) is 22.5 Å². The van der Waals surface area contributed by atoms with Crippen molar-refractivity contribution in [3.05, 3.63) is 35.4 Å². The molecule has 0 saturated carbocycles. The Kier molecular flexibility index (Phi) is 6.53. The van der Waals surface area contributed by atoms with Crippen molar-refractivity contribution in [3.63, 3.8) is 0 Å². The summed E-state index contributed by atoms with van der Waals surface area (Å²) in [6.45, 7) is 12.8. The van der Waals surface area contributed by atoms with E-state index in [0.29, 0.717) is 12.5 Å². The van der Waals surface area contributed by atoms with Gasteiger partial charge in [0.05, 0.1) is 18.8 Å². The molecule has 108 valence electrons. The third-order valence-electron chi connectivity index (χ3n) is 2.88. The molecule has 2 heteroatoms. The van der Waals surface area contributed by atoms with Crippen LogP contribution in [0.1, 0.15) is 45.7 Å². The number of benzene rings is 1. The topological polar surface area (TPSA) is 18.5 Å². The molecule has 1 unspecified atom stereocenters. The molecule has 0 aromatic heterocycles. The van der Waals surface area contributed by atoms with Gasteiger partial charge in [-0.05, 0) is 51.2 Å². The maximum absolute atomic E-state index is 5.82. The Labute approximate surface area is 118 Å². The molecule has 1 aromatic rings. The average Bonchev–Trinajstić information content (AvgIpc) is 2.35. The van der Waals surface area contributed by atoms with Crippen LogP contribution in [0.5, 0.6) is 0 Å². The fraction of sp³-hybridized carbons (Fsp3) is 0.647. The zero-order valence-corrected chi connectivity index (χ0v) is 13.0. The molecule has 2 nitrogen and oxygen atoms in total. The van der Waals surface area contributed by atoms with Crippen molar-refractivity contribution in [1.82, 2.24) is 0 Å². The lowest BCUT2D eigenvalue weighted by Gasteiger charge is -2.22. The number of rotatable bonds is 7. The van der Waals surface area contributed by atoms with Crippen LogP contribution < -0.4 is 0 Å². The van der Waals surface area contributed by atoms with Gasteiger partial charge in [-0.15, -0.1) is 0 Å². The average molecular weight is 264 g/mol. The molecule has 1 rings (SSSR count). The third kappa shape index (κ3) is 7.34. The quantitative estimate of drug-likeness (QED) is 0.734. The summed E-state index contributed by atoms with van der Waals surface area (Å²) >= 11 is 0. The molecule has 1 atom stereocenters. The van der Waals surface area contributed by atoms with Gasteiger partial charge in [0.25, 0.3) is 0 Å². The van der Waals surface area contributed by atoms with Gasteiger partial charge < -0.3 is 9.47 Å². The molecule has 1 aromatic carbocycles.